The van der Waals surface area contributed by atoms with Gasteiger partial charge >= 0.3 is 5.97 Å². The van der Waals surface area contributed by atoms with Gasteiger partial charge in [-0.15, -0.1) is 0 Å². The summed E-state index contributed by atoms with van der Waals surface area (Å²) in [6, 6.07) is 9.39. The molecular formula is C16H19NO3. The van der Waals surface area contributed by atoms with Crippen LogP contribution in [0.5, 0.6) is 5.75 Å². The highest BCUT2D eigenvalue weighted by Crippen LogP contribution is 2.32. The highest BCUT2D eigenvalue weighted by Gasteiger charge is 2.14. The fraction of sp³-hybridized carbons (Fsp3) is 0.312. The number of methoxy groups -OCH3 is 1. The molecule has 0 fully saturated rings. The van der Waals surface area contributed by atoms with Crippen LogP contribution in [-0.4, -0.2) is 22.8 Å². The van der Waals surface area contributed by atoms with E-state index in [0.717, 1.165) is 22.6 Å². The summed E-state index contributed by atoms with van der Waals surface area (Å²) in [5.74, 6) is 0.275. The molecule has 0 spiro atoms. The Bertz CT molecular complexity index is 641. The molecule has 2 rings (SSSR count). The minimum atomic E-state index is -0.920. The quantitative estimate of drug-likeness (QED) is 0.927. The van der Waals surface area contributed by atoms with Crippen molar-refractivity contribution < 1.29 is 14.6 Å². The summed E-state index contributed by atoms with van der Waals surface area (Å²) in [4.78, 5) is 11.1. The van der Waals surface area contributed by atoms with Crippen LogP contribution in [0, 0.1) is 0 Å². The monoisotopic (exact) mass is 273 g/mol. The van der Waals surface area contributed by atoms with Crippen LogP contribution in [0.1, 0.15) is 35.8 Å². The maximum Gasteiger partial charge on any atom is 0.352 e. The molecule has 4 heteroatoms. The zero-order valence-corrected chi connectivity index (χ0v) is 12.2. The summed E-state index contributed by atoms with van der Waals surface area (Å²) in [5, 5.41) is 9.11. The lowest BCUT2D eigenvalue weighted by molar-refractivity contribution is 0.0687. The predicted octanol–water partition coefficient (Wildman–Crippen LogP) is 3.52. The molecule has 4 nitrogen and oxygen atoms in total. The Morgan fingerprint density at radius 3 is 2.45 bits per heavy atom. The average Bonchev–Trinajstić information content (AvgIpc) is 2.79. The maximum absolute atomic E-state index is 11.1. The molecule has 1 aromatic heterocycles. The number of ether oxygens (including phenoxy) is 1. The van der Waals surface area contributed by atoms with Gasteiger partial charge in [-0.25, -0.2) is 4.79 Å². The normalized spacial score (nSPS) is 10.8. The molecule has 1 heterocycles. The lowest BCUT2D eigenvalue weighted by Crippen LogP contribution is -2.05. The number of aromatic carboxylic acids is 1. The third-order valence-corrected chi connectivity index (χ3v) is 3.49. The molecule has 2 aromatic rings. The van der Waals surface area contributed by atoms with E-state index in [-0.39, 0.29) is 5.69 Å². The van der Waals surface area contributed by atoms with Crippen molar-refractivity contribution in [1.29, 1.82) is 0 Å². The molecule has 1 N–H and O–H groups in total. The minimum Gasteiger partial charge on any atom is -0.496 e. The Kier molecular flexibility index (Phi) is 3.84. The van der Waals surface area contributed by atoms with Crippen LogP contribution in [0.3, 0.4) is 0 Å². The van der Waals surface area contributed by atoms with E-state index in [1.54, 1.807) is 24.8 Å². The summed E-state index contributed by atoms with van der Waals surface area (Å²) in [5.41, 5.74) is 3.27. The molecule has 0 saturated heterocycles. The average molecular weight is 273 g/mol. The number of carboxylic acids is 1. The molecule has 0 atom stereocenters. The molecule has 0 bridgehead atoms. The number of aromatic nitrogens is 1. The topological polar surface area (TPSA) is 51.5 Å². The predicted molar refractivity (Wildman–Crippen MR) is 78.4 cm³/mol. The third-order valence-electron chi connectivity index (χ3n) is 3.49. The van der Waals surface area contributed by atoms with Crippen molar-refractivity contribution in [3.8, 4) is 17.0 Å². The lowest BCUT2D eigenvalue weighted by Gasteiger charge is -2.14. The van der Waals surface area contributed by atoms with Crippen LogP contribution in [0.25, 0.3) is 11.3 Å². The Balaban J connectivity index is 2.54. The van der Waals surface area contributed by atoms with Crippen LogP contribution in [0.15, 0.2) is 30.3 Å². The highest BCUT2D eigenvalue weighted by atomic mass is 16.5. The van der Waals surface area contributed by atoms with Gasteiger partial charge in [0.2, 0.25) is 0 Å². The standard InChI is InChI=1S/C16H19NO3/c1-10(2)12-9-11(5-8-15(12)20-4)13-6-7-14(16(18)19)17(13)3/h5-10H,1-4H3,(H,18,19). The van der Waals surface area contributed by atoms with Crippen molar-refractivity contribution >= 4 is 5.97 Å². The lowest BCUT2D eigenvalue weighted by atomic mass is 9.98. The molecule has 0 aliphatic carbocycles. The van der Waals surface area contributed by atoms with Gasteiger partial charge in [0, 0.05) is 12.7 Å². The number of rotatable bonds is 4. The van der Waals surface area contributed by atoms with Gasteiger partial charge in [0.25, 0.3) is 0 Å². The van der Waals surface area contributed by atoms with E-state index in [9.17, 15) is 4.79 Å². The van der Waals surface area contributed by atoms with Gasteiger partial charge in [-0.3, -0.25) is 0 Å². The summed E-state index contributed by atoms with van der Waals surface area (Å²) >= 11 is 0. The molecule has 1 aromatic carbocycles. The maximum atomic E-state index is 11.1. The van der Waals surface area contributed by atoms with E-state index >= 15 is 0 Å². The van der Waals surface area contributed by atoms with Crippen molar-refractivity contribution in [3.63, 3.8) is 0 Å². The zero-order chi connectivity index (χ0) is 14.9. The van der Waals surface area contributed by atoms with Crippen LogP contribution in [0.4, 0.5) is 0 Å². The Morgan fingerprint density at radius 2 is 1.95 bits per heavy atom. The van der Waals surface area contributed by atoms with Gasteiger partial charge in [0.15, 0.2) is 0 Å². The van der Waals surface area contributed by atoms with Gasteiger partial charge in [0.1, 0.15) is 11.4 Å². The van der Waals surface area contributed by atoms with Crippen molar-refractivity contribution in [3.05, 3.63) is 41.6 Å². The number of carbonyl (C=O) groups is 1. The van der Waals surface area contributed by atoms with Crippen molar-refractivity contribution in [2.75, 3.05) is 7.11 Å². The molecule has 0 unspecified atom stereocenters. The number of benzene rings is 1. The Labute approximate surface area is 118 Å². The van der Waals surface area contributed by atoms with Crippen molar-refractivity contribution in [2.45, 2.75) is 19.8 Å². The molecule has 0 aliphatic heterocycles. The Morgan fingerprint density at radius 1 is 1.25 bits per heavy atom. The second-order valence-corrected chi connectivity index (χ2v) is 5.08. The minimum absolute atomic E-state index is 0.280. The van der Waals surface area contributed by atoms with Crippen LogP contribution >= 0.6 is 0 Å². The first-order chi connectivity index (χ1) is 9.45. The SMILES string of the molecule is COc1ccc(-c2ccc(C(=O)O)n2C)cc1C(C)C. The van der Waals surface area contributed by atoms with Crippen LogP contribution in [0.2, 0.25) is 0 Å². The molecule has 20 heavy (non-hydrogen) atoms. The van der Waals surface area contributed by atoms with E-state index in [0.29, 0.717) is 5.92 Å². The summed E-state index contributed by atoms with van der Waals surface area (Å²) in [7, 11) is 3.42. The fourth-order valence-electron chi connectivity index (χ4n) is 2.36. The fourth-order valence-corrected chi connectivity index (χ4v) is 2.36. The van der Waals surface area contributed by atoms with Crippen LogP contribution in [-0.2, 0) is 7.05 Å². The highest BCUT2D eigenvalue weighted by molar-refractivity contribution is 5.87. The van der Waals surface area contributed by atoms with E-state index in [1.807, 2.05) is 18.2 Å². The first-order valence-corrected chi connectivity index (χ1v) is 6.53. The first-order valence-electron chi connectivity index (χ1n) is 6.53. The largest absolute Gasteiger partial charge is 0.496 e. The van der Waals surface area contributed by atoms with Gasteiger partial charge < -0.3 is 14.4 Å². The third kappa shape index (κ3) is 2.41. The second-order valence-electron chi connectivity index (χ2n) is 5.08. The Hall–Kier alpha value is -2.23. The number of nitrogens with zero attached hydrogens (tertiary/aromatic N) is 1. The summed E-state index contributed by atoms with van der Waals surface area (Å²) < 4.78 is 7.06. The van der Waals surface area contributed by atoms with Gasteiger partial charge in [0.05, 0.1) is 7.11 Å². The molecule has 0 aliphatic rings. The van der Waals surface area contributed by atoms with E-state index in [1.165, 1.54) is 0 Å². The van der Waals surface area contributed by atoms with Crippen molar-refractivity contribution in [1.82, 2.24) is 4.57 Å². The van der Waals surface area contributed by atoms with E-state index in [2.05, 4.69) is 19.9 Å². The van der Waals surface area contributed by atoms with Gasteiger partial charge in [-0.1, -0.05) is 13.8 Å². The molecule has 0 radical (unpaired) electrons. The molecular weight excluding hydrogens is 254 g/mol. The van der Waals surface area contributed by atoms with Crippen molar-refractivity contribution in [2.24, 2.45) is 7.05 Å². The van der Waals surface area contributed by atoms with Gasteiger partial charge in [-0.05, 0) is 47.4 Å². The second kappa shape index (κ2) is 5.41. The smallest absolute Gasteiger partial charge is 0.352 e. The van der Waals surface area contributed by atoms with Gasteiger partial charge in [-0.2, -0.15) is 0 Å². The summed E-state index contributed by atoms with van der Waals surface area (Å²) in [6.45, 7) is 4.21. The molecule has 0 amide bonds. The van der Waals surface area contributed by atoms with E-state index in [4.69, 9.17) is 9.84 Å². The molecule has 106 valence electrons. The number of hydrogen-bond donors (Lipinski definition) is 1. The summed E-state index contributed by atoms with van der Waals surface area (Å²) in [6.07, 6.45) is 0. The molecule has 0 saturated carbocycles. The van der Waals surface area contributed by atoms with E-state index < -0.39 is 5.97 Å². The zero-order valence-electron chi connectivity index (χ0n) is 12.2. The number of carboxylic acid groups (broad SMARTS) is 1. The number of hydrogen-bond acceptors (Lipinski definition) is 2. The first kappa shape index (κ1) is 14.2. The van der Waals surface area contributed by atoms with Crippen LogP contribution < -0.4 is 4.74 Å².